The molecule has 2 rings (SSSR count). The monoisotopic (exact) mass is 294 g/mol. The van der Waals surface area contributed by atoms with Crippen molar-refractivity contribution in [2.45, 2.75) is 30.8 Å². The molecular formula is C13H18N4O2S. The van der Waals surface area contributed by atoms with Crippen molar-refractivity contribution in [1.29, 1.82) is 0 Å². The Hall–Kier alpha value is -1.86. The summed E-state index contributed by atoms with van der Waals surface area (Å²) in [7, 11) is -3.66. The number of primary sulfonamides is 1. The van der Waals surface area contributed by atoms with Crippen molar-refractivity contribution in [3.63, 3.8) is 0 Å². The minimum absolute atomic E-state index is 0.113. The molecule has 20 heavy (non-hydrogen) atoms. The average molecular weight is 294 g/mol. The van der Waals surface area contributed by atoms with Crippen molar-refractivity contribution >= 4 is 15.7 Å². The van der Waals surface area contributed by atoms with Gasteiger partial charge in [0.2, 0.25) is 10.0 Å². The van der Waals surface area contributed by atoms with Crippen molar-refractivity contribution in [1.82, 2.24) is 9.78 Å². The lowest BCUT2D eigenvalue weighted by Gasteiger charge is -2.15. The zero-order valence-electron chi connectivity index (χ0n) is 11.2. The average Bonchev–Trinajstić information content (AvgIpc) is 2.89. The molecule has 6 nitrogen and oxygen atoms in total. The topological polar surface area (TPSA) is 90.0 Å². The third-order valence-corrected chi connectivity index (χ3v) is 3.84. The van der Waals surface area contributed by atoms with Gasteiger partial charge in [0.25, 0.3) is 0 Å². The molecule has 0 amide bonds. The van der Waals surface area contributed by atoms with E-state index in [1.54, 1.807) is 18.3 Å². The van der Waals surface area contributed by atoms with Crippen LogP contribution in [0.2, 0.25) is 0 Å². The predicted octanol–water partition coefficient (Wildman–Crippen LogP) is 1.42. The summed E-state index contributed by atoms with van der Waals surface area (Å²) >= 11 is 0. The fourth-order valence-corrected chi connectivity index (χ4v) is 2.44. The van der Waals surface area contributed by atoms with E-state index in [4.69, 9.17) is 5.14 Å². The quantitative estimate of drug-likeness (QED) is 0.843. The van der Waals surface area contributed by atoms with Gasteiger partial charge in [0.1, 0.15) is 0 Å². The molecule has 0 fully saturated rings. The van der Waals surface area contributed by atoms with Gasteiger partial charge in [0, 0.05) is 30.7 Å². The highest BCUT2D eigenvalue weighted by Gasteiger charge is 2.09. The van der Waals surface area contributed by atoms with Crippen LogP contribution in [0, 0.1) is 0 Å². The van der Waals surface area contributed by atoms with Crippen LogP contribution in [0.1, 0.15) is 13.3 Å². The van der Waals surface area contributed by atoms with E-state index in [2.05, 4.69) is 10.4 Å². The second-order valence-corrected chi connectivity index (χ2v) is 6.24. The largest absolute Gasteiger partial charge is 0.382 e. The first kappa shape index (κ1) is 14.5. The minimum Gasteiger partial charge on any atom is -0.382 e. The van der Waals surface area contributed by atoms with Crippen LogP contribution >= 0.6 is 0 Å². The molecule has 1 unspecified atom stereocenters. The zero-order chi connectivity index (χ0) is 14.6. The van der Waals surface area contributed by atoms with Gasteiger partial charge in [-0.15, -0.1) is 0 Å². The first-order valence-corrected chi connectivity index (χ1v) is 7.86. The Morgan fingerprint density at radius 1 is 1.40 bits per heavy atom. The lowest BCUT2D eigenvalue weighted by molar-refractivity contribution is 0.545. The van der Waals surface area contributed by atoms with E-state index in [9.17, 15) is 8.42 Å². The smallest absolute Gasteiger partial charge is 0.238 e. The standard InChI is InChI=1S/C13H18N4O2S/c1-11(6-9-17-8-3-7-15-17)16-12-4-2-5-13(10-12)20(14,18)19/h2-5,7-8,10-11,16H,6,9H2,1H3,(H2,14,18,19). The normalized spacial score (nSPS) is 13.1. The van der Waals surface area contributed by atoms with Gasteiger partial charge >= 0.3 is 0 Å². The Kier molecular flexibility index (Phi) is 4.41. The van der Waals surface area contributed by atoms with Crippen molar-refractivity contribution in [2.24, 2.45) is 5.14 Å². The van der Waals surface area contributed by atoms with Crippen LogP contribution in [0.4, 0.5) is 5.69 Å². The summed E-state index contributed by atoms with van der Waals surface area (Å²) in [6.07, 6.45) is 4.53. The van der Waals surface area contributed by atoms with Crippen molar-refractivity contribution < 1.29 is 8.42 Å². The lowest BCUT2D eigenvalue weighted by Crippen LogP contribution is -2.18. The Balaban J connectivity index is 1.95. The Labute approximate surface area is 118 Å². The number of rotatable bonds is 6. The number of aryl methyl sites for hydroxylation is 1. The second kappa shape index (κ2) is 6.06. The lowest BCUT2D eigenvalue weighted by atomic mass is 10.2. The summed E-state index contributed by atoms with van der Waals surface area (Å²) in [6, 6.07) is 8.58. The molecule has 0 saturated heterocycles. The number of hydrogen-bond donors (Lipinski definition) is 2. The molecule has 0 bridgehead atoms. The highest BCUT2D eigenvalue weighted by molar-refractivity contribution is 7.89. The molecule has 0 aliphatic rings. The summed E-state index contributed by atoms with van der Waals surface area (Å²) in [6.45, 7) is 2.84. The van der Waals surface area contributed by atoms with Crippen molar-refractivity contribution in [3.05, 3.63) is 42.7 Å². The number of sulfonamides is 1. The zero-order valence-corrected chi connectivity index (χ0v) is 12.0. The first-order chi connectivity index (χ1) is 9.45. The van der Waals surface area contributed by atoms with Gasteiger partial charge < -0.3 is 5.32 Å². The van der Waals surface area contributed by atoms with Crippen LogP contribution in [-0.4, -0.2) is 24.2 Å². The molecule has 0 aliphatic heterocycles. The van der Waals surface area contributed by atoms with Crippen LogP contribution in [0.15, 0.2) is 47.6 Å². The molecule has 0 spiro atoms. The van der Waals surface area contributed by atoms with Crippen LogP contribution in [0.3, 0.4) is 0 Å². The number of nitrogens with zero attached hydrogens (tertiary/aromatic N) is 2. The number of nitrogens with one attached hydrogen (secondary N) is 1. The summed E-state index contributed by atoms with van der Waals surface area (Å²) in [5.41, 5.74) is 0.740. The number of benzene rings is 1. The minimum atomic E-state index is -3.66. The van der Waals surface area contributed by atoms with Gasteiger partial charge in [0.05, 0.1) is 4.90 Å². The molecule has 1 aromatic heterocycles. The van der Waals surface area contributed by atoms with Crippen molar-refractivity contribution in [2.75, 3.05) is 5.32 Å². The Morgan fingerprint density at radius 3 is 2.85 bits per heavy atom. The highest BCUT2D eigenvalue weighted by Crippen LogP contribution is 2.15. The van der Waals surface area contributed by atoms with Crippen LogP contribution < -0.4 is 10.5 Å². The second-order valence-electron chi connectivity index (χ2n) is 4.68. The molecule has 0 radical (unpaired) electrons. The fourth-order valence-electron chi connectivity index (χ4n) is 1.88. The molecule has 1 heterocycles. The first-order valence-electron chi connectivity index (χ1n) is 6.32. The predicted molar refractivity (Wildman–Crippen MR) is 77.7 cm³/mol. The molecule has 108 valence electrons. The van der Waals surface area contributed by atoms with E-state index in [0.29, 0.717) is 0 Å². The number of anilines is 1. The van der Waals surface area contributed by atoms with E-state index < -0.39 is 10.0 Å². The van der Waals surface area contributed by atoms with Gasteiger partial charge in [-0.3, -0.25) is 4.68 Å². The number of hydrogen-bond acceptors (Lipinski definition) is 4. The molecular weight excluding hydrogens is 276 g/mol. The fraction of sp³-hybridized carbons (Fsp3) is 0.308. The number of aromatic nitrogens is 2. The molecule has 1 atom stereocenters. The van der Waals surface area contributed by atoms with E-state index in [1.165, 1.54) is 6.07 Å². The molecule has 2 aromatic rings. The number of nitrogens with two attached hydrogens (primary N) is 1. The van der Waals surface area contributed by atoms with Crippen LogP contribution in [-0.2, 0) is 16.6 Å². The summed E-state index contributed by atoms with van der Waals surface area (Å²) < 4.78 is 24.4. The molecule has 1 aromatic carbocycles. The van der Waals surface area contributed by atoms with E-state index in [-0.39, 0.29) is 10.9 Å². The highest BCUT2D eigenvalue weighted by atomic mass is 32.2. The third-order valence-electron chi connectivity index (χ3n) is 2.93. The van der Waals surface area contributed by atoms with Crippen LogP contribution in [0.5, 0.6) is 0 Å². The van der Waals surface area contributed by atoms with Crippen molar-refractivity contribution in [3.8, 4) is 0 Å². The summed E-state index contributed by atoms with van der Waals surface area (Å²) in [5.74, 6) is 0. The van der Waals surface area contributed by atoms with E-state index in [0.717, 1.165) is 18.7 Å². The van der Waals surface area contributed by atoms with Gasteiger partial charge in [-0.1, -0.05) is 6.07 Å². The molecule has 0 saturated carbocycles. The summed E-state index contributed by atoms with van der Waals surface area (Å²) in [5, 5.41) is 12.5. The van der Waals surface area contributed by atoms with Gasteiger partial charge in [-0.25, -0.2) is 13.6 Å². The molecule has 0 aliphatic carbocycles. The van der Waals surface area contributed by atoms with Gasteiger partial charge in [0.15, 0.2) is 0 Å². The summed E-state index contributed by atoms with van der Waals surface area (Å²) in [4.78, 5) is 0.113. The van der Waals surface area contributed by atoms with Crippen LogP contribution in [0.25, 0.3) is 0 Å². The van der Waals surface area contributed by atoms with Gasteiger partial charge in [-0.05, 0) is 37.6 Å². The Bertz CT molecular complexity index is 653. The maximum Gasteiger partial charge on any atom is 0.238 e. The Morgan fingerprint density at radius 2 is 2.20 bits per heavy atom. The molecule has 3 N–H and O–H groups in total. The molecule has 7 heteroatoms. The van der Waals surface area contributed by atoms with Gasteiger partial charge in [-0.2, -0.15) is 5.10 Å². The maximum absolute atomic E-state index is 11.3. The SMILES string of the molecule is CC(CCn1cccn1)Nc1cccc(S(N)(=O)=O)c1. The van der Waals surface area contributed by atoms with E-state index >= 15 is 0 Å². The maximum atomic E-state index is 11.3. The van der Waals surface area contributed by atoms with E-state index in [1.807, 2.05) is 29.9 Å². The third kappa shape index (κ3) is 4.07.